The maximum atomic E-state index is 11.9. The van der Waals surface area contributed by atoms with Gasteiger partial charge in [0, 0.05) is 12.1 Å². The highest BCUT2D eigenvalue weighted by molar-refractivity contribution is 5.91. The molecule has 1 aromatic carbocycles. The van der Waals surface area contributed by atoms with E-state index in [1.807, 2.05) is 0 Å². The fraction of sp³-hybridized carbons (Fsp3) is 0.154. The number of hydrogen-bond donors (Lipinski definition) is 0. The minimum atomic E-state index is -0.858. The van der Waals surface area contributed by atoms with Gasteiger partial charge in [-0.1, -0.05) is 12.2 Å². The summed E-state index contributed by atoms with van der Waals surface area (Å²) in [6.07, 6.45) is 7.07. The molecule has 0 spiro atoms. The number of esters is 1. The lowest BCUT2D eigenvalue weighted by Crippen LogP contribution is -2.15. The summed E-state index contributed by atoms with van der Waals surface area (Å²) >= 11 is 0. The number of allylic oxidation sites excluding steroid dienone is 2. The molecule has 0 radical (unpaired) electrons. The molecule has 0 bridgehead atoms. The first-order chi connectivity index (χ1) is 9.97. The van der Waals surface area contributed by atoms with Crippen molar-refractivity contribution in [3.63, 3.8) is 0 Å². The van der Waals surface area contributed by atoms with E-state index < -0.39 is 33.3 Å². The second-order valence-corrected chi connectivity index (χ2v) is 4.21. The topological polar surface area (TPSA) is 113 Å². The molecule has 1 aliphatic rings. The Bertz CT molecular complexity index is 620. The Morgan fingerprint density at radius 3 is 2.05 bits per heavy atom. The molecule has 0 aliphatic heterocycles. The van der Waals surface area contributed by atoms with Gasteiger partial charge in [-0.3, -0.25) is 20.2 Å². The van der Waals surface area contributed by atoms with Crippen LogP contribution in [0, 0.1) is 20.2 Å². The summed E-state index contributed by atoms with van der Waals surface area (Å²) in [5.41, 5.74) is -1.31. The Morgan fingerprint density at radius 1 is 1.05 bits per heavy atom. The van der Waals surface area contributed by atoms with Crippen molar-refractivity contribution in [2.45, 2.75) is 12.5 Å². The van der Waals surface area contributed by atoms with E-state index in [0.29, 0.717) is 0 Å². The summed E-state index contributed by atoms with van der Waals surface area (Å²) in [6.45, 7) is 0. The molecule has 8 heteroatoms. The molecule has 0 fully saturated rings. The van der Waals surface area contributed by atoms with Crippen LogP contribution in [0.3, 0.4) is 0 Å². The zero-order valence-electron chi connectivity index (χ0n) is 10.7. The standard InChI is InChI=1S/C13H10N2O6/c16-13(21-12-4-2-1-3-5-12)9-6-10(14(17)18)8-11(7-9)15(19)20/h2-8,12H,1H2. The monoisotopic (exact) mass is 290 g/mol. The maximum Gasteiger partial charge on any atom is 0.339 e. The number of non-ortho nitro benzene ring substituents is 2. The van der Waals surface area contributed by atoms with Gasteiger partial charge >= 0.3 is 5.97 Å². The molecular weight excluding hydrogens is 280 g/mol. The van der Waals surface area contributed by atoms with Crippen molar-refractivity contribution in [2.24, 2.45) is 0 Å². The van der Waals surface area contributed by atoms with E-state index in [0.717, 1.165) is 24.6 Å². The summed E-state index contributed by atoms with van der Waals surface area (Å²) in [6, 6.07) is 2.69. The Kier molecular flexibility index (Phi) is 4.07. The summed E-state index contributed by atoms with van der Waals surface area (Å²) < 4.78 is 5.09. The number of benzene rings is 1. The van der Waals surface area contributed by atoms with Crippen molar-refractivity contribution >= 4 is 17.3 Å². The lowest BCUT2D eigenvalue weighted by atomic mass is 10.1. The number of carbonyl (C=O) groups is 1. The number of nitrogens with zero attached hydrogens (tertiary/aromatic N) is 2. The van der Waals surface area contributed by atoms with Gasteiger partial charge in [0.25, 0.3) is 11.4 Å². The van der Waals surface area contributed by atoms with Gasteiger partial charge in [-0.05, 0) is 18.6 Å². The highest BCUT2D eigenvalue weighted by Crippen LogP contribution is 2.23. The van der Waals surface area contributed by atoms with Crippen LogP contribution in [0.15, 0.2) is 42.5 Å². The first-order valence-electron chi connectivity index (χ1n) is 5.95. The van der Waals surface area contributed by atoms with Crippen LogP contribution < -0.4 is 0 Å². The Labute approximate surface area is 118 Å². The summed E-state index contributed by atoms with van der Waals surface area (Å²) in [4.78, 5) is 31.8. The quantitative estimate of drug-likeness (QED) is 0.364. The summed E-state index contributed by atoms with van der Waals surface area (Å²) in [7, 11) is 0. The molecule has 0 amide bonds. The second kappa shape index (κ2) is 5.95. The van der Waals surface area contributed by atoms with Gasteiger partial charge in [0.05, 0.1) is 21.5 Å². The van der Waals surface area contributed by atoms with Crippen molar-refractivity contribution in [2.75, 3.05) is 0 Å². The molecule has 108 valence electrons. The Morgan fingerprint density at radius 2 is 1.57 bits per heavy atom. The van der Waals surface area contributed by atoms with Gasteiger partial charge in [-0.25, -0.2) is 4.79 Å². The van der Waals surface area contributed by atoms with Gasteiger partial charge < -0.3 is 4.74 Å². The minimum absolute atomic E-state index is 0.233. The molecule has 2 rings (SSSR count). The number of carbonyl (C=O) groups excluding carboxylic acids is 1. The Hall–Kier alpha value is -3.03. The van der Waals surface area contributed by atoms with Gasteiger partial charge in [0.2, 0.25) is 0 Å². The summed E-state index contributed by atoms with van der Waals surface area (Å²) in [5, 5.41) is 21.5. The number of nitro groups is 2. The van der Waals surface area contributed by atoms with Crippen LogP contribution in [-0.4, -0.2) is 21.9 Å². The highest BCUT2D eigenvalue weighted by atomic mass is 16.6. The lowest BCUT2D eigenvalue weighted by molar-refractivity contribution is -0.394. The zero-order valence-corrected chi connectivity index (χ0v) is 10.7. The smallest absolute Gasteiger partial charge is 0.339 e. The van der Waals surface area contributed by atoms with E-state index >= 15 is 0 Å². The van der Waals surface area contributed by atoms with Crippen LogP contribution in [-0.2, 0) is 4.74 Å². The van der Waals surface area contributed by atoms with E-state index in [2.05, 4.69) is 0 Å². The maximum absolute atomic E-state index is 11.9. The van der Waals surface area contributed by atoms with E-state index in [-0.39, 0.29) is 5.56 Å². The molecule has 0 aromatic heterocycles. The van der Waals surface area contributed by atoms with Crippen LogP contribution in [0.25, 0.3) is 0 Å². The zero-order chi connectivity index (χ0) is 15.4. The van der Waals surface area contributed by atoms with Crippen LogP contribution >= 0.6 is 0 Å². The van der Waals surface area contributed by atoms with Gasteiger partial charge in [0.15, 0.2) is 0 Å². The number of nitro benzene ring substituents is 2. The van der Waals surface area contributed by atoms with Crippen LogP contribution in [0.4, 0.5) is 11.4 Å². The third kappa shape index (κ3) is 3.50. The average molecular weight is 290 g/mol. The molecule has 0 saturated heterocycles. The summed E-state index contributed by atoms with van der Waals surface area (Å²) in [5.74, 6) is -0.858. The SMILES string of the molecule is O=C(OC1C=CCC=C1)c1cc([N+](=O)[O-])cc([N+](=O)[O-])c1. The highest BCUT2D eigenvalue weighted by Gasteiger charge is 2.21. The molecule has 0 atom stereocenters. The normalized spacial score (nSPS) is 13.9. The largest absolute Gasteiger partial charge is 0.450 e. The van der Waals surface area contributed by atoms with Gasteiger partial charge in [0.1, 0.15) is 6.10 Å². The molecule has 0 saturated carbocycles. The predicted molar refractivity (Wildman–Crippen MR) is 71.9 cm³/mol. The van der Waals surface area contributed by atoms with Crippen molar-refractivity contribution in [1.29, 1.82) is 0 Å². The first-order valence-corrected chi connectivity index (χ1v) is 5.95. The molecule has 1 aliphatic carbocycles. The van der Waals surface area contributed by atoms with Crippen molar-refractivity contribution in [1.82, 2.24) is 0 Å². The fourth-order valence-electron chi connectivity index (χ4n) is 1.76. The molecule has 8 nitrogen and oxygen atoms in total. The molecule has 0 unspecified atom stereocenters. The third-order valence-corrected chi connectivity index (χ3v) is 2.73. The second-order valence-electron chi connectivity index (χ2n) is 4.21. The van der Waals surface area contributed by atoms with Crippen molar-refractivity contribution in [3.8, 4) is 0 Å². The molecule has 0 N–H and O–H groups in total. The molecular formula is C13H10N2O6. The third-order valence-electron chi connectivity index (χ3n) is 2.73. The number of hydrogen-bond acceptors (Lipinski definition) is 6. The fourth-order valence-corrected chi connectivity index (χ4v) is 1.76. The Balaban J connectivity index is 2.29. The van der Waals surface area contributed by atoms with E-state index in [9.17, 15) is 25.0 Å². The van der Waals surface area contributed by atoms with Gasteiger partial charge in [-0.15, -0.1) is 0 Å². The van der Waals surface area contributed by atoms with E-state index in [4.69, 9.17) is 4.74 Å². The molecule has 0 heterocycles. The number of ether oxygens (including phenoxy) is 1. The lowest BCUT2D eigenvalue weighted by Gasteiger charge is -2.12. The van der Waals surface area contributed by atoms with Gasteiger partial charge in [-0.2, -0.15) is 0 Å². The predicted octanol–water partition coefficient (Wildman–Crippen LogP) is 2.54. The average Bonchev–Trinajstić information content (AvgIpc) is 2.47. The van der Waals surface area contributed by atoms with Crippen LogP contribution in [0.1, 0.15) is 16.8 Å². The van der Waals surface area contributed by atoms with E-state index in [1.54, 1.807) is 24.3 Å². The first kappa shape index (κ1) is 14.4. The van der Waals surface area contributed by atoms with Crippen LogP contribution in [0.2, 0.25) is 0 Å². The minimum Gasteiger partial charge on any atom is -0.450 e. The van der Waals surface area contributed by atoms with Crippen molar-refractivity contribution in [3.05, 3.63) is 68.3 Å². The van der Waals surface area contributed by atoms with Crippen LogP contribution in [0.5, 0.6) is 0 Å². The van der Waals surface area contributed by atoms with E-state index in [1.165, 1.54) is 0 Å². The number of rotatable bonds is 4. The molecule has 1 aromatic rings. The molecule has 21 heavy (non-hydrogen) atoms. The van der Waals surface area contributed by atoms with Crippen molar-refractivity contribution < 1.29 is 19.4 Å².